The van der Waals surface area contributed by atoms with Gasteiger partial charge < -0.3 is 18.9 Å². The zero-order chi connectivity index (χ0) is 22.9. The average Bonchev–Trinajstić information content (AvgIpc) is 3.06. The highest BCUT2D eigenvalue weighted by Gasteiger charge is 2.31. The Morgan fingerprint density at radius 1 is 1.12 bits per heavy atom. The normalized spacial score (nSPS) is 13.7. The molecule has 7 heteroatoms. The zero-order valence-electron chi connectivity index (χ0n) is 19.1. The first-order valence-electron chi connectivity index (χ1n) is 11.0. The number of carbonyl (C=O) groups is 2. The molecule has 2 aromatic heterocycles. The van der Waals surface area contributed by atoms with Crippen LogP contribution >= 0.6 is 0 Å². The molecule has 0 unspecified atom stereocenters. The molecule has 168 valence electrons. The summed E-state index contributed by atoms with van der Waals surface area (Å²) < 4.78 is 13.1. The first-order valence-corrected chi connectivity index (χ1v) is 11.0. The fourth-order valence-electron chi connectivity index (χ4n) is 4.21. The van der Waals surface area contributed by atoms with Crippen LogP contribution in [0.1, 0.15) is 54.9 Å². The lowest BCUT2D eigenvalue weighted by Gasteiger charge is -2.30. The van der Waals surface area contributed by atoms with Gasteiger partial charge in [-0.05, 0) is 51.5 Å². The summed E-state index contributed by atoms with van der Waals surface area (Å²) in [7, 11) is 0. The third kappa shape index (κ3) is 4.33. The van der Waals surface area contributed by atoms with Crippen LogP contribution in [0.4, 0.5) is 4.79 Å². The van der Waals surface area contributed by atoms with E-state index >= 15 is 0 Å². The number of carbonyl (C=O) groups excluding carboxylic acids is 2. The minimum atomic E-state index is -0.552. The number of hydrogen-bond acceptors (Lipinski definition) is 5. The standard InChI is InChI=1S/C25H29N3O4/c1-5-31-23(29)19-8-6-7-18-20-16-27(24(30)32-25(2,3)4)14-11-21(20)28(22(18)19)15-17-9-12-26-13-10-17/h6-10,12-13H,5,11,14-16H2,1-4H3. The Bertz CT molecular complexity index is 1150. The van der Waals surface area contributed by atoms with E-state index in [0.29, 0.717) is 38.2 Å². The van der Waals surface area contributed by atoms with Gasteiger partial charge in [0.2, 0.25) is 0 Å². The van der Waals surface area contributed by atoms with E-state index in [1.807, 2.05) is 45.0 Å². The molecule has 1 aromatic carbocycles. The summed E-state index contributed by atoms with van der Waals surface area (Å²) >= 11 is 0. The second kappa shape index (κ2) is 8.65. The highest BCUT2D eigenvalue weighted by atomic mass is 16.6. The van der Waals surface area contributed by atoms with Crippen molar-refractivity contribution in [3.63, 3.8) is 0 Å². The van der Waals surface area contributed by atoms with Crippen LogP contribution in [0, 0.1) is 0 Å². The molecule has 0 saturated carbocycles. The second-order valence-electron chi connectivity index (χ2n) is 8.94. The van der Waals surface area contributed by atoms with Crippen molar-refractivity contribution in [2.24, 2.45) is 0 Å². The van der Waals surface area contributed by atoms with Crippen molar-refractivity contribution in [1.82, 2.24) is 14.5 Å². The fourth-order valence-corrected chi connectivity index (χ4v) is 4.21. The number of esters is 1. The van der Waals surface area contributed by atoms with E-state index in [1.165, 1.54) is 0 Å². The Morgan fingerprint density at radius 3 is 2.56 bits per heavy atom. The first-order chi connectivity index (χ1) is 15.3. The van der Waals surface area contributed by atoms with Crippen LogP contribution in [0.5, 0.6) is 0 Å². The van der Waals surface area contributed by atoms with Gasteiger partial charge in [-0.25, -0.2) is 9.59 Å². The highest BCUT2D eigenvalue weighted by Crippen LogP contribution is 2.34. The van der Waals surface area contributed by atoms with Gasteiger partial charge in [-0.2, -0.15) is 0 Å². The van der Waals surface area contributed by atoms with Crippen molar-refractivity contribution in [3.05, 3.63) is 65.1 Å². The quantitative estimate of drug-likeness (QED) is 0.562. The molecule has 0 bridgehead atoms. The van der Waals surface area contributed by atoms with Gasteiger partial charge in [-0.15, -0.1) is 0 Å². The molecule has 0 radical (unpaired) electrons. The van der Waals surface area contributed by atoms with Gasteiger partial charge in [0.05, 0.1) is 24.2 Å². The van der Waals surface area contributed by atoms with E-state index in [9.17, 15) is 9.59 Å². The van der Waals surface area contributed by atoms with Crippen molar-refractivity contribution in [2.75, 3.05) is 13.2 Å². The largest absolute Gasteiger partial charge is 0.462 e. The Hall–Kier alpha value is -3.35. The zero-order valence-corrected chi connectivity index (χ0v) is 19.1. The molecule has 0 aliphatic carbocycles. The van der Waals surface area contributed by atoms with Crippen LogP contribution in [0.15, 0.2) is 42.7 Å². The smallest absolute Gasteiger partial charge is 0.410 e. The third-order valence-corrected chi connectivity index (χ3v) is 5.51. The molecule has 32 heavy (non-hydrogen) atoms. The minimum absolute atomic E-state index is 0.312. The third-order valence-electron chi connectivity index (χ3n) is 5.51. The van der Waals surface area contributed by atoms with Crippen molar-refractivity contribution in [1.29, 1.82) is 0 Å². The molecule has 0 N–H and O–H groups in total. The summed E-state index contributed by atoms with van der Waals surface area (Å²) in [6.07, 6.45) is 3.89. The van der Waals surface area contributed by atoms with Crippen LogP contribution in [0.2, 0.25) is 0 Å². The number of pyridine rings is 1. The summed E-state index contributed by atoms with van der Waals surface area (Å²) in [4.78, 5) is 31.4. The Kier molecular flexibility index (Phi) is 5.91. The number of para-hydroxylation sites is 1. The molecular weight excluding hydrogens is 406 g/mol. The first kappa shape index (κ1) is 21.9. The maximum atomic E-state index is 12.8. The van der Waals surface area contributed by atoms with Gasteiger partial charge in [0.25, 0.3) is 0 Å². The van der Waals surface area contributed by atoms with Gasteiger partial charge in [-0.3, -0.25) is 4.98 Å². The predicted molar refractivity (Wildman–Crippen MR) is 122 cm³/mol. The molecule has 0 saturated heterocycles. The molecule has 3 aromatic rings. The SMILES string of the molecule is CCOC(=O)c1cccc2c3c(n(Cc4ccncc4)c12)CCN(C(=O)OC(C)(C)C)C3. The molecule has 0 spiro atoms. The number of benzene rings is 1. The molecule has 0 fully saturated rings. The lowest BCUT2D eigenvalue weighted by Crippen LogP contribution is -2.40. The van der Waals surface area contributed by atoms with Crippen molar-refractivity contribution < 1.29 is 19.1 Å². The molecule has 7 nitrogen and oxygen atoms in total. The second-order valence-corrected chi connectivity index (χ2v) is 8.94. The fraction of sp³-hybridized carbons (Fsp3) is 0.400. The lowest BCUT2D eigenvalue weighted by atomic mass is 10.0. The highest BCUT2D eigenvalue weighted by molar-refractivity contribution is 6.05. The molecule has 1 aliphatic heterocycles. The maximum Gasteiger partial charge on any atom is 0.410 e. The van der Waals surface area contributed by atoms with Crippen molar-refractivity contribution >= 4 is 23.0 Å². The van der Waals surface area contributed by atoms with Crippen molar-refractivity contribution in [2.45, 2.75) is 52.8 Å². The number of fused-ring (bicyclic) bond motifs is 3. The Labute approximate surface area is 187 Å². The number of hydrogen-bond donors (Lipinski definition) is 0. The van der Waals surface area contributed by atoms with E-state index in [4.69, 9.17) is 9.47 Å². The van der Waals surface area contributed by atoms with E-state index in [-0.39, 0.29) is 12.1 Å². The van der Waals surface area contributed by atoms with E-state index in [0.717, 1.165) is 27.7 Å². The van der Waals surface area contributed by atoms with Crippen LogP contribution in [0.25, 0.3) is 10.9 Å². The van der Waals surface area contributed by atoms with Crippen LogP contribution in [-0.2, 0) is 29.0 Å². The molecule has 3 heterocycles. The summed E-state index contributed by atoms with van der Waals surface area (Å²) in [6, 6.07) is 9.64. The molecule has 4 rings (SSSR count). The summed E-state index contributed by atoms with van der Waals surface area (Å²) in [5, 5.41) is 0.966. The summed E-state index contributed by atoms with van der Waals surface area (Å²) in [6.45, 7) is 9.33. The monoisotopic (exact) mass is 435 g/mol. The predicted octanol–water partition coefficient (Wildman–Crippen LogP) is 4.55. The number of nitrogens with zero attached hydrogens (tertiary/aromatic N) is 3. The number of amides is 1. The topological polar surface area (TPSA) is 73.7 Å². The van der Waals surface area contributed by atoms with E-state index < -0.39 is 5.60 Å². The maximum absolute atomic E-state index is 12.8. The number of rotatable bonds is 4. The van der Waals surface area contributed by atoms with Gasteiger partial charge in [0.15, 0.2) is 0 Å². The average molecular weight is 436 g/mol. The minimum Gasteiger partial charge on any atom is -0.462 e. The molecule has 0 atom stereocenters. The van der Waals surface area contributed by atoms with E-state index in [1.54, 1.807) is 30.3 Å². The lowest BCUT2D eigenvalue weighted by molar-refractivity contribution is 0.0223. The Morgan fingerprint density at radius 2 is 1.88 bits per heavy atom. The number of aromatic nitrogens is 2. The Balaban J connectivity index is 1.81. The van der Waals surface area contributed by atoms with Gasteiger partial charge >= 0.3 is 12.1 Å². The van der Waals surface area contributed by atoms with Gasteiger partial charge in [0, 0.05) is 48.5 Å². The summed E-state index contributed by atoms with van der Waals surface area (Å²) in [5.41, 5.74) is 4.11. The van der Waals surface area contributed by atoms with E-state index in [2.05, 4.69) is 9.55 Å². The van der Waals surface area contributed by atoms with Crippen LogP contribution in [0.3, 0.4) is 0 Å². The molecule has 1 amide bonds. The number of ether oxygens (including phenoxy) is 2. The van der Waals surface area contributed by atoms with Crippen LogP contribution < -0.4 is 0 Å². The summed E-state index contributed by atoms with van der Waals surface area (Å²) in [5.74, 6) is -0.340. The molecule has 1 aliphatic rings. The van der Waals surface area contributed by atoms with Crippen LogP contribution in [-0.4, -0.2) is 45.3 Å². The van der Waals surface area contributed by atoms with Gasteiger partial charge in [-0.1, -0.05) is 12.1 Å². The van der Waals surface area contributed by atoms with Crippen molar-refractivity contribution in [3.8, 4) is 0 Å². The van der Waals surface area contributed by atoms with Gasteiger partial charge in [0.1, 0.15) is 5.60 Å². The molecular formula is C25H29N3O4.